The molecule has 0 fully saturated rings. The Morgan fingerprint density at radius 3 is 2.00 bits per heavy atom. The fourth-order valence-electron chi connectivity index (χ4n) is 8.83. The van der Waals surface area contributed by atoms with Crippen molar-refractivity contribution < 1.29 is 0 Å². The molecule has 3 heterocycles. The Morgan fingerprint density at radius 1 is 0.547 bits per heavy atom. The Bertz CT molecular complexity index is 3020. The zero-order valence-corrected chi connectivity index (χ0v) is 30.2. The molecule has 0 bridgehead atoms. The number of para-hydroxylation sites is 1. The van der Waals surface area contributed by atoms with Gasteiger partial charge in [-0.25, -0.2) is 9.97 Å². The van der Waals surface area contributed by atoms with E-state index in [2.05, 4.69) is 158 Å². The van der Waals surface area contributed by atoms with Crippen LogP contribution < -0.4 is 0 Å². The summed E-state index contributed by atoms with van der Waals surface area (Å²) in [5.41, 5.74) is 13.8. The first-order chi connectivity index (χ1) is 26.1. The van der Waals surface area contributed by atoms with E-state index in [4.69, 9.17) is 9.97 Å². The summed E-state index contributed by atoms with van der Waals surface area (Å²) in [4.78, 5) is 10.3. The molecule has 0 saturated carbocycles. The summed E-state index contributed by atoms with van der Waals surface area (Å²) < 4.78 is 5.21. The van der Waals surface area contributed by atoms with Gasteiger partial charge in [0.15, 0.2) is 5.82 Å². The fourth-order valence-corrected chi connectivity index (χ4v) is 10.1. The predicted molar refractivity (Wildman–Crippen MR) is 223 cm³/mol. The summed E-state index contributed by atoms with van der Waals surface area (Å²) >= 11 is 1.93. The lowest BCUT2D eigenvalue weighted by molar-refractivity contribution is 0.667. The molecule has 0 atom stereocenters. The topological polar surface area (TPSA) is 30.7 Å². The van der Waals surface area contributed by atoms with E-state index in [0.717, 1.165) is 33.8 Å². The van der Waals surface area contributed by atoms with Crippen molar-refractivity contribution in [1.29, 1.82) is 0 Å². The van der Waals surface area contributed by atoms with Crippen LogP contribution in [0.3, 0.4) is 0 Å². The van der Waals surface area contributed by atoms with Crippen molar-refractivity contribution in [3.63, 3.8) is 0 Å². The highest BCUT2D eigenvalue weighted by Gasteiger charge is 2.40. The van der Waals surface area contributed by atoms with Gasteiger partial charge >= 0.3 is 0 Å². The summed E-state index contributed by atoms with van der Waals surface area (Å²) in [7, 11) is 0. The molecule has 0 radical (unpaired) electrons. The van der Waals surface area contributed by atoms with Crippen LogP contribution >= 0.6 is 11.3 Å². The number of nitrogens with zero attached hydrogens (tertiary/aromatic N) is 3. The Balaban J connectivity index is 1.24. The Kier molecular flexibility index (Phi) is 6.47. The van der Waals surface area contributed by atoms with E-state index in [1.165, 1.54) is 64.2 Å². The fraction of sp³-hybridized carbons (Fsp3) is 0.0612. The van der Waals surface area contributed by atoms with Crippen LogP contribution in [-0.2, 0) is 5.41 Å². The van der Waals surface area contributed by atoms with Crippen LogP contribution in [0.1, 0.15) is 25.0 Å². The van der Waals surface area contributed by atoms with Crippen molar-refractivity contribution in [3.05, 3.63) is 175 Å². The van der Waals surface area contributed by atoms with Crippen LogP contribution in [0.15, 0.2) is 164 Å². The number of thiophene rings is 1. The molecule has 0 saturated heterocycles. The van der Waals surface area contributed by atoms with Crippen LogP contribution in [0.25, 0.3) is 92.7 Å². The molecular formula is C49H33N3S. The third-order valence-electron chi connectivity index (χ3n) is 11.2. The first-order valence-corrected chi connectivity index (χ1v) is 19.0. The minimum atomic E-state index is -0.173. The van der Waals surface area contributed by atoms with Gasteiger partial charge in [-0.05, 0) is 47.0 Å². The largest absolute Gasteiger partial charge is 0.309 e. The normalized spacial score (nSPS) is 13.2. The standard InChI is InChI=1S/C49H33N3S/c1-49(2)37-25-12-9-22-34(37)42-45(49)43-36-24-11-14-27-41(36)53-47(43)44-35-23-10-13-26-40(35)52(46(42)44)33-21-15-20-32(28-33)39-29-38(30-16-5-3-6-17-30)50-48(51-39)31-18-7-4-8-19-31/h3-29H,1-2H3. The van der Waals surface area contributed by atoms with Crippen LogP contribution in [-0.4, -0.2) is 14.5 Å². The number of hydrogen-bond acceptors (Lipinski definition) is 3. The van der Waals surface area contributed by atoms with Crippen molar-refractivity contribution in [2.45, 2.75) is 19.3 Å². The molecule has 0 amide bonds. The van der Waals surface area contributed by atoms with E-state index in [1.54, 1.807) is 0 Å². The third-order valence-corrected chi connectivity index (χ3v) is 12.3. The SMILES string of the molecule is CC1(C)c2ccccc2-c2c1c1c3ccccc3sc1c1c3ccccc3n(-c3cccc(-c4cc(-c5ccccc5)nc(-c5ccccc5)n4)c3)c21. The lowest BCUT2D eigenvalue weighted by Crippen LogP contribution is -2.15. The molecule has 4 heteroatoms. The van der Waals surface area contributed by atoms with Crippen LogP contribution in [0.4, 0.5) is 0 Å². The van der Waals surface area contributed by atoms with Gasteiger partial charge in [-0.3, -0.25) is 0 Å². The average Bonchev–Trinajstić information content (AvgIpc) is 3.84. The summed E-state index contributed by atoms with van der Waals surface area (Å²) in [6, 6.07) is 58.7. The van der Waals surface area contributed by atoms with E-state index in [1.807, 2.05) is 35.6 Å². The molecule has 0 N–H and O–H groups in total. The predicted octanol–water partition coefficient (Wildman–Crippen LogP) is 13.2. The Morgan fingerprint density at radius 2 is 1.19 bits per heavy atom. The van der Waals surface area contributed by atoms with E-state index >= 15 is 0 Å². The Hall–Kier alpha value is -6.36. The molecule has 10 aromatic rings. The summed E-state index contributed by atoms with van der Waals surface area (Å²) in [6.45, 7) is 4.82. The van der Waals surface area contributed by atoms with Crippen LogP contribution in [0, 0.1) is 0 Å². The van der Waals surface area contributed by atoms with Gasteiger partial charge in [0.2, 0.25) is 0 Å². The molecule has 53 heavy (non-hydrogen) atoms. The van der Waals surface area contributed by atoms with Crippen molar-refractivity contribution in [3.8, 4) is 50.7 Å². The molecule has 0 unspecified atom stereocenters. The lowest BCUT2D eigenvalue weighted by atomic mass is 9.80. The molecule has 3 aromatic heterocycles. The van der Waals surface area contributed by atoms with Crippen molar-refractivity contribution in [1.82, 2.24) is 14.5 Å². The van der Waals surface area contributed by atoms with E-state index < -0.39 is 0 Å². The zero-order valence-electron chi connectivity index (χ0n) is 29.3. The first kappa shape index (κ1) is 30.3. The Labute approximate surface area is 311 Å². The van der Waals surface area contributed by atoms with Crippen molar-refractivity contribution >= 4 is 53.3 Å². The monoisotopic (exact) mass is 695 g/mol. The average molecular weight is 696 g/mol. The maximum absolute atomic E-state index is 5.20. The second-order valence-electron chi connectivity index (χ2n) is 14.5. The number of aromatic nitrogens is 3. The summed E-state index contributed by atoms with van der Waals surface area (Å²) in [5.74, 6) is 0.716. The van der Waals surface area contributed by atoms with Gasteiger partial charge in [-0.2, -0.15) is 0 Å². The zero-order chi connectivity index (χ0) is 35.3. The number of hydrogen-bond donors (Lipinski definition) is 0. The maximum atomic E-state index is 5.20. The highest BCUT2D eigenvalue weighted by atomic mass is 32.1. The summed E-state index contributed by atoms with van der Waals surface area (Å²) in [5, 5.41) is 5.34. The number of benzene rings is 7. The minimum absolute atomic E-state index is 0.173. The highest BCUT2D eigenvalue weighted by molar-refractivity contribution is 7.26. The molecule has 3 nitrogen and oxygen atoms in total. The molecule has 1 aliphatic rings. The summed E-state index contributed by atoms with van der Waals surface area (Å²) in [6.07, 6.45) is 0. The molecule has 0 aliphatic heterocycles. The van der Waals surface area contributed by atoms with Crippen molar-refractivity contribution in [2.24, 2.45) is 0 Å². The van der Waals surface area contributed by atoms with Gasteiger partial charge in [0.25, 0.3) is 0 Å². The second-order valence-corrected chi connectivity index (χ2v) is 15.6. The smallest absolute Gasteiger partial charge is 0.160 e. The molecule has 250 valence electrons. The lowest BCUT2D eigenvalue weighted by Gasteiger charge is -2.23. The minimum Gasteiger partial charge on any atom is -0.309 e. The van der Waals surface area contributed by atoms with Gasteiger partial charge in [0, 0.05) is 64.3 Å². The number of rotatable bonds is 4. The molecular weight excluding hydrogens is 663 g/mol. The van der Waals surface area contributed by atoms with Gasteiger partial charge in [0.1, 0.15) is 0 Å². The van der Waals surface area contributed by atoms with Crippen LogP contribution in [0.5, 0.6) is 0 Å². The van der Waals surface area contributed by atoms with Gasteiger partial charge in [0.05, 0.1) is 22.4 Å². The molecule has 11 rings (SSSR count). The van der Waals surface area contributed by atoms with E-state index in [0.29, 0.717) is 5.82 Å². The highest BCUT2D eigenvalue weighted by Crippen LogP contribution is 2.58. The number of fused-ring (bicyclic) bond motifs is 12. The second kappa shape index (κ2) is 11.3. The first-order valence-electron chi connectivity index (χ1n) is 18.2. The maximum Gasteiger partial charge on any atom is 0.160 e. The quantitative estimate of drug-likeness (QED) is 0.183. The van der Waals surface area contributed by atoms with Crippen molar-refractivity contribution in [2.75, 3.05) is 0 Å². The molecule has 7 aromatic carbocycles. The van der Waals surface area contributed by atoms with E-state index in [-0.39, 0.29) is 5.41 Å². The molecule has 1 aliphatic carbocycles. The molecule has 0 spiro atoms. The van der Waals surface area contributed by atoms with Crippen LogP contribution in [0.2, 0.25) is 0 Å². The third kappa shape index (κ3) is 4.39. The van der Waals surface area contributed by atoms with Gasteiger partial charge < -0.3 is 4.57 Å². The van der Waals surface area contributed by atoms with Gasteiger partial charge in [-0.15, -0.1) is 11.3 Å². The van der Waals surface area contributed by atoms with Gasteiger partial charge in [-0.1, -0.05) is 147 Å². The van der Waals surface area contributed by atoms with E-state index in [9.17, 15) is 0 Å².